The van der Waals surface area contributed by atoms with Gasteiger partial charge in [-0.1, -0.05) is 20.8 Å². The first kappa shape index (κ1) is 23.4. The summed E-state index contributed by atoms with van der Waals surface area (Å²) in [7, 11) is 0. The van der Waals surface area contributed by atoms with Crippen LogP contribution in [0.2, 0.25) is 0 Å². The van der Waals surface area contributed by atoms with Crippen LogP contribution in [0.3, 0.4) is 0 Å². The summed E-state index contributed by atoms with van der Waals surface area (Å²) >= 11 is 0. The summed E-state index contributed by atoms with van der Waals surface area (Å²) in [6.45, 7) is 6.33. The molecule has 3 atom stereocenters. The van der Waals surface area contributed by atoms with Crippen molar-refractivity contribution in [3.63, 3.8) is 0 Å². The van der Waals surface area contributed by atoms with Crippen molar-refractivity contribution in [1.29, 1.82) is 0 Å². The van der Waals surface area contributed by atoms with E-state index >= 15 is 0 Å². The fourth-order valence-corrected chi connectivity index (χ4v) is 3.45. The monoisotopic (exact) mass is 398 g/mol. The molecule has 1 aliphatic rings. The molecule has 2 nitrogen and oxygen atoms in total. The van der Waals surface area contributed by atoms with E-state index in [0.717, 1.165) is 0 Å². The average molecular weight is 398 g/mol. The Labute approximate surface area is 147 Å². The molecule has 1 heterocycles. The molecule has 26 heavy (non-hydrogen) atoms. The van der Waals surface area contributed by atoms with Crippen molar-refractivity contribution in [3.8, 4) is 0 Å². The van der Waals surface area contributed by atoms with Gasteiger partial charge < -0.3 is 5.73 Å². The molecule has 0 radical (unpaired) electrons. The molecule has 1 rings (SSSR count). The lowest BCUT2D eigenvalue weighted by molar-refractivity contribution is -0.330. The van der Waals surface area contributed by atoms with Crippen LogP contribution in [0.15, 0.2) is 0 Å². The second kappa shape index (κ2) is 5.46. The first-order valence-electron chi connectivity index (χ1n) is 8.01. The van der Waals surface area contributed by atoms with Gasteiger partial charge in [0.05, 0.1) is 5.54 Å². The van der Waals surface area contributed by atoms with Gasteiger partial charge in [-0.3, -0.25) is 5.32 Å². The summed E-state index contributed by atoms with van der Waals surface area (Å²) in [5.41, 5.74) is -10.1. The van der Waals surface area contributed by atoms with E-state index in [1.165, 1.54) is 20.8 Å². The number of rotatable bonds is 5. The van der Waals surface area contributed by atoms with E-state index in [9.17, 15) is 35.1 Å². The zero-order valence-corrected chi connectivity index (χ0v) is 15.8. The summed E-state index contributed by atoms with van der Waals surface area (Å²) in [6.07, 6.45) is -6.96. The topological polar surface area (TPSA) is 48.0 Å². The predicted octanol–water partition coefficient (Wildman–Crippen LogP) is 4.82. The molecule has 0 amide bonds. The van der Waals surface area contributed by atoms with E-state index in [-0.39, 0.29) is 0 Å². The Morgan fingerprint density at radius 3 is 1.42 bits per heavy atom. The van der Waals surface area contributed by atoms with Crippen LogP contribution >= 0.6 is 0 Å². The number of alkyl halides is 8. The maximum Gasteiger partial charge on any atom is 0.430 e. The normalized spacial score (nSPS) is 30.9. The third-order valence-corrected chi connectivity index (χ3v) is 5.26. The third-order valence-electron chi connectivity index (χ3n) is 5.26. The standard InChI is InChI=1S/C16H26F8N2/c1-9(2,3)8-13(17,18)11(6)12(7,26-11)15(20,21)14(19,10(4,5)25)16(22,23)24/h26H,8,25H2,1-7H3/t11?,12-,14?/m1/s1. The predicted molar refractivity (Wildman–Crippen MR) is 82.1 cm³/mol. The van der Waals surface area contributed by atoms with Gasteiger partial charge in [-0.15, -0.1) is 0 Å². The van der Waals surface area contributed by atoms with Crippen LogP contribution in [-0.2, 0) is 0 Å². The maximum atomic E-state index is 14.9. The van der Waals surface area contributed by atoms with Gasteiger partial charge in [-0.05, 0) is 33.1 Å². The quantitative estimate of drug-likeness (QED) is 0.515. The molecule has 0 saturated carbocycles. The highest BCUT2D eigenvalue weighted by molar-refractivity contribution is 5.37. The number of hydrogen-bond acceptors (Lipinski definition) is 2. The SMILES string of the molecule is CC(C)(C)CC(F)(F)C1(C)N[C@@]1(C)C(F)(F)C(F)(C(C)(C)N)C(F)(F)F. The van der Waals surface area contributed by atoms with E-state index in [2.05, 4.69) is 0 Å². The third kappa shape index (κ3) is 2.91. The van der Waals surface area contributed by atoms with Crippen molar-refractivity contribution < 1.29 is 35.1 Å². The molecule has 10 heteroatoms. The Kier molecular flexibility index (Phi) is 4.91. The van der Waals surface area contributed by atoms with E-state index in [1.54, 1.807) is 5.32 Å². The van der Waals surface area contributed by atoms with Crippen LogP contribution < -0.4 is 11.1 Å². The maximum absolute atomic E-state index is 14.9. The molecule has 3 N–H and O–H groups in total. The minimum Gasteiger partial charge on any atom is -0.322 e. The molecule has 0 aromatic carbocycles. The van der Waals surface area contributed by atoms with Gasteiger partial charge in [-0.2, -0.15) is 13.2 Å². The minimum atomic E-state index is -6.08. The first-order valence-corrected chi connectivity index (χ1v) is 8.01. The second-order valence-electron chi connectivity index (χ2n) is 9.27. The molecule has 0 aromatic rings. The van der Waals surface area contributed by atoms with Crippen molar-refractivity contribution >= 4 is 0 Å². The van der Waals surface area contributed by atoms with Crippen LogP contribution in [0, 0.1) is 5.41 Å². The second-order valence-corrected chi connectivity index (χ2v) is 9.27. The molecule has 0 bridgehead atoms. The van der Waals surface area contributed by atoms with Crippen LogP contribution in [0.1, 0.15) is 54.9 Å². The Balaban J connectivity index is 3.50. The largest absolute Gasteiger partial charge is 0.430 e. The number of nitrogens with one attached hydrogen (secondary N) is 1. The average Bonchev–Trinajstić information content (AvgIpc) is 2.89. The Hall–Kier alpha value is -0.640. The van der Waals surface area contributed by atoms with Gasteiger partial charge in [0, 0.05) is 6.42 Å². The summed E-state index contributed by atoms with van der Waals surface area (Å²) in [4.78, 5) is 0. The van der Waals surface area contributed by atoms with Gasteiger partial charge in [0.2, 0.25) is 0 Å². The molecular formula is C16H26F8N2. The van der Waals surface area contributed by atoms with E-state index in [4.69, 9.17) is 5.73 Å². The molecule has 0 aromatic heterocycles. The molecule has 156 valence electrons. The summed E-state index contributed by atoms with van der Waals surface area (Å²) in [6, 6.07) is 0. The first-order chi connectivity index (χ1) is 10.9. The van der Waals surface area contributed by atoms with Crippen LogP contribution in [0.4, 0.5) is 35.1 Å². The van der Waals surface area contributed by atoms with E-state index in [1.807, 2.05) is 0 Å². The minimum absolute atomic E-state index is 0.449. The van der Waals surface area contributed by atoms with Crippen LogP contribution in [0.5, 0.6) is 0 Å². The number of nitrogens with two attached hydrogens (primary N) is 1. The lowest BCUT2D eigenvalue weighted by atomic mass is 9.69. The van der Waals surface area contributed by atoms with Gasteiger partial charge in [0.25, 0.3) is 11.6 Å². The summed E-state index contributed by atoms with van der Waals surface area (Å²) < 4.78 is 114. The Morgan fingerprint density at radius 2 is 1.15 bits per heavy atom. The zero-order valence-electron chi connectivity index (χ0n) is 15.8. The van der Waals surface area contributed by atoms with Crippen molar-refractivity contribution in [1.82, 2.24) is 5.32 Å². The highest BCUT2D eigenvalue weighted by Crippen LogP contribution is 2.65. The molecule has 1 fully saturated rings. The van der Waals surface area contributed by atoms with E-state index in [0.29, 0.717) is 27.7 Å². The van der Waals surface area contributed by atoms with Crippen LogP contribution in [0.25, 0.3) is 0 Å². The van der Waals surface area contributed by atoms with Crippen molar-refractivity contribution in [2.45, 2.75) is 95.2 Å². The highest BCUT2D eigenvalue weighted by Gasteiger charge is 2.91. The molecule has 2 unspecified atom stereocenters. The Morgan fingerprint density at radius 1 is 0.769 bits per heavy atom. The number of hydrogen-bond donors (Lipinski definition) is 2. The lowest BCUT2D eigenvalue weighted by Crippen LogP contribution is -2.75. The van der Waals surface area contributed by atoms with Crippen molar-refractivity contribution in [3.05, 3.63) is 0 Å². The van der Waals surface area contributed by atoms with E-state index < -0.39 is 52.1 Å². The van der Waals surface area contributed by atoms with Gasteiger partial charge in [0.15, 0.2) is 0 Å². The Bertz CT molecular complexity index is 544. The van der Waals surface area contributed by atoms with Crippen molar-refractivity contribution in [2.24, 2.45) is 11.1 Å². The van der Waals surface area contributed by atoms with Crippen molar-refractivity contribution in [2.75, 3.05) is 0 Å². The molecule has 1 saturated heterocycles. The highest BCUT2D eigenvalue weighted by atomic mass is 19.4. The fourth-order valence-electron chi connectivity index (χ4n) is 3.45. The fraction of sp³-hybridized carbons (Fsp3) is 1.00. The zero-order chi connectivity index (χ0) is 21.4. The lowest BCUT2D eigenvalue weighted by Gasteiger charge is -2.46. The van der Waals surface area contributed by atoms with Gasteiger partial charge in [0.1, 0.15) is 11.1 Å². The van der Waals surface area contributed by atoms with Crippen LogP contribution in [-0.4, -0.2) is 40.3 Å². The molecular weight excluding hydrogens is 372 g/mol. The number of halogens is 8. The molecule has 0 spiro atoms. The summed E-state index contributed by atoms with van der Waals surface area (Å²) in [5.74, 6) is -9.10. The van der Waals surface area contributed by atoms with Gasteiger partial charge >= 0.3 is 12.1 Å². The van der Waals surface area contributed by atoms with Gasteiger partial charge in [-0.25, -0.2) is 22.0 Å². The summed E-state index contributed by atoms with van der Waals surface area (Å²) in [5, 5.41) is 1.78. The smallest absolute Gasteiger partial charge is 0.322 e. The molecule has 1 aliphatic heterocycles. The molecule has 0 aliphatic carbocycles.